The highest BCUT2D eigenvalue weighted by Crippen LogP contribution is 2.49. The van der Waals surface area contributed by atoms with Crippen molar-refractivity contribution >= 4 is 0 Å². The van der Waals surface area contributed by atoms with Crippen molar-refractivity contribution < 1.29 is 31.1 Å². The molecule has 3 aliphatic rings. The zero-order chi connectivity index (χ0) is 24.5. The number of unbranched alkanes of at least 4 members (excludes halogenated alkanes) is 2. The molecule has 0 N–H and O–H groups in total. The number of ether oxygens (including phenoxy) is 1. The predicted molar refractivity (Wildman–Crippen MR) is 119 cm³/mol. The van der Waals surface area contributed by atoms with Gasteiger partial charge in [0.15, 0.2) is 0 Å². The third-order valence-electron chi connectivity index (χ3n) is 8.58. The molecular formula is C27H36F6O. The van der Waals surface area contributed by atoms with E-state index >= 15 is 0 Å². The Bertz CT molecular complexity index is 819. The quantitative estimate of drug-likeness (QED) is 0.285. The van der Waals surface area contributed by atoms with Gasteiger partial charge in [0.1, 0.15) is 5.82 Å². The van der Waals surface area contributed by atoms with Crippen LogP contribution >= 0.6 is 0 Å². The molecule has 1 aromatic rings. The molecule has 0 spiro atoms. The lowest BCUT2D eigenvalue weighted by molar-refractivity contribution is -0.299. The summed E-state index contributed by atoms with van der Waals surface area (Å²) in [5, 5.41) is 0. The zero-order valence-corrected chi connectivity index (χ0v) is 19.9. The molecule has 0 aromatic heterocycles. The summed E-state index contributed by atoms with van der Waals surface area (Å²) >= 11 is 0. The van der Waals surface area contributed by atoms with Gasteiger partial charge in [-0.2, -0.15) is 22.0 Å². The normalized spacial score (nSPS) is 31.8. The van der Waals surface area contributed by atoms with E-state index in [2.05, 4.69) is 11.7 Å². The number of fused-ring (bicyclic) bond motifs is 1. The lowest BCUT2D eigenvalue weighted by Crippen LogP contribution is -2.48. The van der Waals surface area contributed by atoms with Crippen LogP contribution in [-0.4, -0.2) is 12.3 Å². The third kappa shape index (κ3) is 5.44. The van der Waals surface area contributed by atoms with Crippen molar-refractivity contribution in [2.45, 2.75) is 115 Å². The molecule has 2 aliphatic carbocycles. The maximum atomic E-state index is 14.8. The Morgan fingerprint density at radius 1 is 0.912 bits per heavy atom. The summed E-state index contributed by atoms with van der Waals surface area (Å²) in [7, 11) is 0. The number of hydrogen-bond donors (Lipinski definition) is 0. The summed E-state index contributed by atoms with van der Waals surface area (Å²) in [5.41, 5.74) is -0.711. The number of benzene rings is 1. The molecule has 2 saturated carbocycles. The summed E-state index contributed by atoms with van der Waals surface area (Å²) in [5.74, 6) is -3.36. The Balaban J connectivity index is 1.36. The third-order valence-corrected chi connectivity index (χ3v) is 8.58. The average Bonchev–Trinajstić information content (AvgIpc) is 2.78. The Kier molecular flexibility index (Phi) is 7.90. The highest BCUT2D eigenvalue weighted by Gasteiger charge is 2.61. The molecule has 0 bridgehead atoms. The van der Waals surface area contributed by atoms with Crippen LogP contribution < -0.4 is 0 Å². The minimum Gasteiger partial charge on any atom is -0.358 e. The molecule has 0 radical (unpaired) electrons. The van der Waals surface area contributed by atoms with Gasteiger partial charge in [0.2, 0.25) is 6.10 Å². The molecule has 2 fully saturated rings. The molecule has 0 amide bonds. The maximum absolute atomic E-state index is 14.8. The fourth-order valence-corrected chi connectivity index (χ4v) is 6.67. The first kappa shape index (κ1) is 25.8. The molecule has 7 heteroatoms. The molecule has 1 aliphatic heterocycles. The zero-order valence-electron chi connectivity index (χ0n) is 19.9. The van der Waals surface area contributed by atoms with Crippen LogP contribution in [-0.2, 0) is 17.3 Å². The van der Waals surface area contributed by atoms with E-state index in [0.717, 1.165) is 43.6 Å². The fraction of sp³-hybridized carbons (Fsp3) is 0.778. The summed E-state index contributed by atoms with van der Waals surface area (Å²) < 4.78 is 87.1. The van der Waals surface area contributed by atoms with Crippen LogP contribution in [0.3, 0.4) is 0 Å². The van der Waals surface area contributed by atoms with Gasteiger partial charge in [0.05, 0.1) is 12.2 Å². The van der Waals surface area contributed by atoms with Crippen molar-refractivity contribution in [3.8, 4) is 0 Å². The van der Waals surface area contributed by atoms with Crippen molar-refractivity contribution in [2.75, 3.05) is 0 Å². The second kappa shape index (κ2) is 10.4. The highest BCUT2D eigenvalue weighted by molar-refractivity contribution is 5.40. The van der Waals surface area contributed by atoms with E-state index in [0.29, 0.717) is 11.5 Å². The van der Waals surface area contributed by atoms with Crippen molar-refractivity contribution in [3.63, 3.8) is 0 Å². The first-order valence-electron chi connectivity index (χ1n) is 13.0. The van der Waals surface area contributed by atoms with E-state index < -0.39 is 36.2 Å². The SMILES string of the molecule is CCCCCC1CCC(C2CCC(c3cc(F)c4c(c3)COC(C(F)(F)F)C4(F)F)CC2)CC1. The van der Waals surface area contributed by atoms with Gasteiger partial charge >= 0.3 is 12.1 Å². The number of rotatable bonds is 6. The van der Waals surface area contributed by atoms with Gasteiger partial charge in [-0.3, -0.25) is 0 Å². The highest BCUT2D eigenvalue weighted by atomic mass is 19.4. The van der Waals surface area contributed by atoms with E-state index in [9.17, 15) is 26.3 Å². The first-order chi connectivity index (χ1) is 16.1. The molecule has 192 valence electrons. The van der Waals surface area contributed by atoms with Gasteiger partial charge in [-0.15, -0.1) is 0 Å². The van der Waals surface area contributed by atoms with Gasteiger partial charge in [-0.05, 0) is 79.4 Å². The summed E-state index contributed by atoms with van der Waals surface area (Å²) in [6, 6.07) is 2.49. The topological polar surface area (TPSA) is 9.23 Å². The fourth-order valence-electron chi connectivity index (χ4n) is 6.67. The van der Waals surface area contributed by atoms with Crippen LogP contribution in [0.2, 0.25) is 0 Å². The Hall–Kier alpha value is -1.24. The molecule has 0 saturated heterocycles. The lowest BCUT2D eigenvalue weighted by Gasteiger charge is -2.38. The van der Waals surface area contributed by atoms with Gasteiger partial charge in [-0.1, -0.05) is 51.5 Å². The van der Waals surface area contributed by atoms with Gasteiger partial charge in [-0.25, -0.2) is 4.39 Å². The van der Waals surface area contributed by atoms with Crippen molar-refractivity contribution in [2.24, 2.45) is 17.8 Å². The van der Waals surface area contributed by atoms with Crippen LogP contribution in [0.5, 0.6) is 0 Å². The molecular weight excluding hydrogens is 454 g/mol. The van der Waals surface area contributed by atoms with E-state index in [4.69, 9.17) is 0 Å². The van der Waals surface area contributed by atoms with Crippen molar-refractivity contribution in [1.29, 1.82) is 0 Å². The van der Waals surface area contributed by atoms with Crippen molar-refractivity contribution in [3.05, 3.63) is 34.6 Å². The monoisotopic (exact) mass is 490 g/mol. The van der Waals surface area contributed by atoms with E-state index in [-0.39, 0.29) is 11.5 Å². The first-order valence-corrected chi connectivity index (χ1v) is 13.0. The largest absolute Gasteiger partial charge is 0.420 e. The molecule has 4 rings (SSSR count). The van der Waals surface area contributed by atoms with E-state index in [1.54, 1.807) is 0 Å². The second-order valence-corrected chi connectivity index (χ2v) is 10.8. The van der Waals surface area contributed by atoms with Crippen LogP contribution in [0.4, 0.5) is 26.3 Å². The number of halogens is 6. The second-order valence-electron chi connectivity index (χ2n) is 10.8. The number of alkyl halides is 5. The van der Waals surface area contributed by atoms with Gasteiger partial charge in [0.25, 0.3) is 0 Å². The predicted octanol–water partition coefficient (Wildman–Crippen LogP) is 9.04. The smallest absolute Gasteiger partial charge is 0.358 e. The van der Waals surface area contributed by atoms with Crippen LogP contribution in [0, 0.1) is 23.6 Å². The maximum Gasteiger partial charge on any atom is 0.420 e. The standard InChI is InChI=1S/C27H36F6O/c1-2-3-4-5-17-6-8-18(9-7-17)19-10-12-20(13-11-19)21-14-22-16-34-25(27(31,32)33)26(29,30)24(22)23(28)15-21/h14-15,17-20,25H,2-13,16H2,1H3. The number of hydrogen-bond acceptors (Lipinski definition) is 1. The summed E-state index contributed by atoms with van der Waals surface area (Å²) in [6.45, 7) is 1.58. The molecule has 1 nitrogen and oxygen atoms in total. The Labute approximate surface area is 198 Å². The van der Waals surface area contributed by atoms with Gasteiger partial charge in [0, 0.05) is 0 Å². The van der Waals surface area contributed by atoms with Crippen molar-refractivity contribution in [1.82, 2.24) is 0 Å². The van der Waals surface area contributed by atoms with E-state index in [1.165, 1.54) is 57.4 Å². The van der Waals surface area contributed by atoms with E-state index in [1.807, 2.05) is 0 Å². The van der Waals surface area contributed by atoms with Crippen LogP contribution in [0.15, 0.2) is 12.1 Å². The molecule has 1 unspecified atom stereocenters. The minimum absolute atomic E-state index is 0.0513. The van der Waals surface area contributed by atoms with Crippen LogP contribution in [0.1, 0.15) is 107 Å². The molecule has 1 atom stereocenters. The summed E-state index contributed by atoms with van der Waals surface area (Å²) in [6.07, 6.45) is 5.69. The molecule has 34 heavy (non-hydrogen) atoms. The Morgan fingerprint density at radius 2 is 1.53 bits per heavy atom. The average molecular weight is 491 g/mol. The minimum atomic E-state index is -5.26. The van der Waals surface area contributed by atoms with Gasteiger partial charge < -0.3 is 4.74 Å². The summed E-state index contributed by atoms with van der Waals surface area (Å²) in [4.78, 5) is 0. The Morgan fingerprint density at radius 3 is 2.12 bits per heavy atom. The van der Waals surface area contributed by atoms with Crippen LogP contribution in [0.25, 0.3) is 0 Å². The molecule has 1 aromatic carbocycles. The molecule has 1 heterocycles. The lowest BCUT2D eigenvalue weighted by atomic mass is 9.68.